The fourth-order valence-electron chi connectivity index (χ4n) is 4.48. The van der Waals surface area contributed by atoms with Crippen molar-refractivity contribution in [2.75, 3.05) is 45.8 Å². The average molecular weight is 495 g/mol. The van der Waals surface area contributed by atoms with Crippen LogP contribution < -0.4 is 21.7 Å². The lowest BCUT2D eigenvalue weighted by molar-refractivity contribution is 0.531. The van der Waals surface area contributed by atoms with Gasteiger partial charge in [0.2, 0.25) is 0 Å². The summed E-state index contributed by atoms with van der Waals surface area (Å²) >= 11 is 0. The zero-order valence-electron chi connectivity index (χ0n) is 24.0. The number of hydrogen-bond donors (Lipinski definition) is 4. The lowest BCUT2D eigenvalue weighted by Gasteiger charge is -2.07. The Morgan fingerprint density at radius 2 is 0.743 bits per heavy atom. The van der Waals surface area contributed by atoms with Crippen molar-refractivity contribution >= 4 is 0 Å². The molecule has 0 bridgehead atoms. The third-order valence-electron chi connectivity index (χ3n) is 6.84. The van der Waals surface area contributed by atoms with Gasteiger partial charge in [-0.25, -0.2) is 0 Å². The van der Waals surface area contributed by atoms with Gasteiger partial charge in [-0.3, -0.25) is 0 Å². The topological polar surface area (TPSA) is 62.1 Å². The molecule has 0 rings (SSSR count). The van der Waals surface area contributed by atoms with Crippen molar-refractivity contribution in [2.24, 2.45) is 5.73 Å². The molecule has 35 heavy (non-hydrogen) atoms. The molecule has 0 saturated heterocycles. The summed E-state index contributed by atoms with van der Waals surface area (Å²) in [5, 5.41) is 10.6. The molecule has 0 aromatic rings. The first kappa shape index (κ1) is 34.6. The van der Waals surface area contributed by atoms with Crippen LogP contribution in [0.4, 0.5) is 0 Å². The fraction of sp³-hybridized carbons (Fsp3) is 0.935. The summed E-state index contributed by atoms with van der Waals surface area (Å²) in [6.07, 6.45) is 33.6. The summed E-state index contributed by atoms with van der Waals surface area (Å²) in [6.45, 7) is 9.82. The zero-order valence-corrected chi connectivity index (χ0v) is 24.0. The Bertz CT molecular complexity index is 386. The fourth-order valence-corrected chi connectivity index (χ4v) is 4.48. The molecule has 0 amide bonds. The van der Waals surface area contributed by atoms with E-state index in [0.717, 1.165) is 45.7 Å². The van der Waals surface area contributed by atoms with E-state index >= 15 is 0 Å². The molecule has 4 heteroatoms. The van der Waals surface area contributed by atoms with Crippen LogP contribution in [0.15, 0.2) is 12.2 Å². The Morgan fingerprint density at radius 1 is 0.400 bits per heavy atom. The Kier molecular flexibility index (Phi) is 33.2. The van der Waals surface area contributed by atoms with Crippen LogP contribution in [-0.2, 0) is 0 Å². The number of nitrogens with one attached hydrogen (secondary N) is 3. The smallest absolute Gasteiger partial charge is 0.00368 e. The quantitative estimate of drug-likeness (QED) is 0.0596. The van der Waals surface area contributed by atoms with Gasteiger partial charge in [-0.2, -0.15) is 0 Å². The third kappa shape index (κ3) is 33.6. The van der Waals surface area contributed by atoms with E-state index in [4.69, 9.17) is 5.73 Å². The predicted octanol–water partition coefficient (Wildman–Crippen LogP) is 7.48. The summed E-state index contributed by atoms with van der Waals surface area (Å²) in [5.74, 6) is 0. The highest BCUT2D eigenvalue weighted by Crippen LogP contribution is 2.12. The molecule has 4 nitrogen and oxygen atoms in total. The second-order valence-corrected chi connectivity index (χ2v) is 10.5. The Balaban J connectivity index is 3.05. The van der Waals surface area contributed by atoms with E-state index in [-0.39, 0.29) is 0 Å². The van der Waals surface area contributed by atoms with Crippen LogP contribution in [0.5, 0.6) is 0 Å². The largest absolute Gasteiger partial charge is 0.330 e. The molecule has 0 aromatic carbocycles. The van der Waals surface area contributed by atoms with Gasteiger partial charge in [-0.05, 0) is 97.2 Å². The first-order chi connectivity index (χ1) is 17.4. The number of nitrogens with two attached hydrogens (primary N) is 1. The molecule has 0 unspecified atom stereocenters. The van der Waals surface area contributed by atoms with Crippen molar-refractivity contribution in [3.05, 3.63) is 12.2 Å². The number of unbranched alkanes of at least 4 members (excludes halogenated alkanes) is 16. The van der Waals surface area contributed by atoms with E-state index < -0.39 is 0 Å². The minimum atomic E-state index is 0.788. The zero-order chi connectivity index (χ0) is 25.3. The molecule has 0 aliphatic carbocycles. The van der Waals surface area contributed by atoms with Crippen molar-refractivity contribution < 1.29 is 0 Å². The number of rotatable bonds is 31. The molecular weight excluding hydrogens is 428 g/mol. The van der Waals surface area contributed by atoms with Gasteiger partial charge in [0, 0.05) is 0 Å². The van der Waals surface area contributed by atoms with Crippen LogP contribution in [0.25, 0.3) is 0 Å². The molecule has 0 spiro atoms. The summed E-state index contributed by atoms with van der Waals surface area (Å²) in [4.78, 5) is 0. The van der Waals surface area contributed by atoms with E-state index in [1.807, 2.05) is 0 Å². The maximum absolute atomic E-state index is 5.48. The van der Waals surface area contributed by atoms with Crippen molar-refractivity contribution in [3.8, 4) is 0 Å². The predicted molar refractivity (Wildman–Crippen MR) is 159 cm³/mol. The second kappa shape index (κ2) is 33.6. The van der Waals surface area contributed by atoms with E-state index in [1.54, 1.807) is 0 Å². The monoisotopic (exact) mass is 495 g/mol. The lowest BCUT2D eigenvalue weighted by Crippen LogP contribution is -2.26. The summed E-state index contributed by atoms with van der Waals surface area (Å²) < 4.78 is 0. The minimum absolute atomic E-state index is 0.788. The van der Waals surface area contributed by atoms with Crippen LogP contribution in [-0.4, -0.2) is 45.8 Å². The SMILES string of the molecule is CCCCCCCCC=CCCCCCCCCCCCCNCCCNCCCNCCCN. The standard InChI is InChI=1S/C31H66N4/c1-2-3-4-5-6-7-8-9-10-11-12-13-14-15-16-17-18-19-20-21-26-33-28-23-30-35-31-24-29-34-27-22-25-32/h9-10,33-35H,2-8,11-32H2,1H3. The maximum atomic E-state index is 5.48. The first-order valence-corrected chi connectivity index (χ1v) is 15.9. The van der Waals surface area contributed by atoms with Crippen LogP contribution in [0.3, 0.4) is 0 Å². The number of allylic oxidation sites excluding steroid dienone is 2. The second-order valence-electron chi connectivity index (χ2n) is 10.5. The van der Waals surface area contributed by atoms with Gasteiger partial charge in [-0.1, -0.05) is 103 Å². The molecule has 210 valence electrons. The molecule has 0 radical (unpaired) electrons. The molecule has 0 fully saturated rings. The van der Waals surface area contributed by atoms with Gasteiger partial charge in [0.25, 0.3) is 0 Å². The molecule has 0 heterocycles. The molecule has 0 saturated carbocycles. The highest BCUT2D eigenvalue weighted by Gasteiger charge is 1.95. The van der Waals surface area contributed by atoms with Gasteiger partial charge < -0.3 is 21.7 Å². The van der Waals surface area contributed by atoms with E-state index in [2.05, 4.69) is 35.0 Å². The Morgan fingerprint density at radius 3 is 1.17 bits per heavy atom. The normalized spacial score (nSPS) is 11.7. The van der Waals surface area contributed by atoms with Crippen LogP contribution in [0, 0.1) is 0 Å². The third-order valence-corrected chi connectivity index (χ3v) is 6.84. The van der Waals surface area contributed by atoms with E-state index in [9.17, 15) is 0 Å². The highest BCUT2D eigenvalue weighted by molar-refractivity contribution is 4.81. The molecule has 0 aliphatic rings. The first-order valence-electron chi connectivity index (χ1n) is 15.9. The highest BCUT2D eigenvalue weighted by atomic mass is 14.9. The molecular formula is C31H66N4. The van der Waals surface area contributed by atoms with Crippen molar-refractivity contribution in [1.82, 2.24) is 16.0 Å². The Hall–Kier alpha value is -0.420. The summed E-state index contributed by atoms with van der Waals surface area (Å²) in [6, 6.07) is 0. The van der Waals surface area contributed by atoms with Gasteiger partial charge in [0.15, 0.2) is 0 Å². The Labute approximate surface area is 221 Å². The van der Waals surface area contributed by atoms with E-state index in [1.165, 1.54) is 135 Å². The summed E-state index contributed by atoms with van der Waals surface area (Å²) in [5.41, 5.74) is 5.48. The maximum Gasteiger partial charge on any atom is -0.00368 e. The van der Waals surface area contributed by atoms with Crippen molar-refractivity contribution in [3.63, 3.8) is 0 Å². The summed E-state index contributed by atoms with van der Waals surface area (Å²) in [7, 11) is 0. The van der Waals surface area contributed by atoms with Gasteiger partial charge >= 0.3 is 0 Å². The van der Waals surface area contributed by atoms with Crippen LogP contribution in [0.1, 0.15) is 142 Å². The molecule has 0 aromatic heterocycles. The minimum Gasteiger partial charge on any atom is -0.330 e. The molecule has 0 atom stereocenters. The average Bonchev–Trinajstić information content (AvgIpc) is 2.87. The van der Waals surface area contributed by atoms with Crippen molar-refractivity contribution in [2.45, 2.75) is 142 Å². The van der Waals surface area contributed by atoms with E-state index in [0.29, 0.717) is 0 Å². The van der Waals surface area contributed by atoms with Gasteiger partial charge in [0.1, 0.15) is 0 Å². The number of hydrogen-bond acceptors (Lipinski definition) is 4. The van der Waals surface area contributed by atoms with Crippen LogP contribution in [0.2, 0.25) is 0 Å². The van der Waals surface area contributed by atoms with Crippen molar-refractivity contribution in [1.29, 1.82) is 0 Å². The van der Waals surface area contributed by atoms with Gasteiger partial charge in [-0.15, -0.1) is 0 Å². The van der Waals surface area contributed by atoms with Gasteiger partial charge in [0.05, 0.1) is 0 Å². The molecule has 0 aliphatic heterocycles. The lowest BCUT2D eigenvalue weighted by atomic mass is 10.1. The molecule has 5 N–H and O–H groups in total. The van der Waals surface area contributed by atoms with Crippen LogP contribution >= 0.6 is 0 Å².